The fourth-order valence-electron chi connectivity index (χ4n) is 2.26. The first-order valence-corrected chi connectivity index (χ1v) is 11.6. The number of amides is 1. The molecule has 10 heteroatoms. The number of carbonyl (C=O) groups excluding carboxylic acids is 1. The van der Waals surface area contributed by atoms with E-state index in [0.29, 0.717) is 12.8 Å². The minimum atomic E-state index is -4.37. The smallest absolute Gasteiger partial charge is 0.338 e. The number of hydrogen-bond acceptors (Lipinski definition) is 3. The van der Waals surface area contributed by atoms with Gasteiger partial charge in [-0.1, -0.05) is 51.5 Å². The lowest BCUT2D eigenvalue weighted by atomic mass is 10.1. The van der Waals surface area contributed by atoms with Crippen molar-refractivity contribution in [2.24, 2.45) is 0 Å². The SMILES string of the molecule is C=CC(=O)NC(CCCCCCCCCCP(=O)(O)O)P(=O)(O)O. The zero-order valence-corrected chi connectivity index (χ0v) is 15.6. The molecule has 0 aromatic rings. The molecule has 0 bridgehead atoms. The second kappa shape index (κ2) is 12.0. The summed E-state index contributed by atoms with van der Waals surface area (Å²) in [6, 6.07) is 0. The molecule has 8 nitrogen and oxygen atoms in total. The van der Waals surface area contributed by atoms with Crippen molar-refractivity contribution in [3.8, 4) is 0 Å². The summed E-state index contributed by atoms with van der Waals surface area (Å²) in [6.45, 7) is 3.25. The number of carbonyl (C=O) groups is 1. The van der Waals surface area contributed by atoms with Gasteiger partial charge in [-0.05, 0) is 18.9 Å². The van der Waals surface area contributed by atoms with Crippen molar-refractivity contribution in [1.82, 2.24) is 5.32 Å². The summed E-state index contributed by atoms with van der Waals surface area (Å²) in [5, 5.41) is 2.26. The Morgan fingerprint density at radius 3 is 1.79 bits per heavy atom. The Kier molecular flexibility index (Phi) is 11.7. The number of rotatable bonds is 14. The van der Waals surface area contributed by atoms with Gasteiger partial charge < -0.3 is 24.9 Å². The monoisotopic (exact) mass is 385 g/mol. The Balaban J connectivity index is 3.72. The molecule has 24 heavy (non-hydrogen) atoms. The third-order valence-corrected chi connectivity index (χ3v) is 5.68. The van der Waals surface area contributed by atoms with Gasteiger partial charge in [0.15, 0.2) is 0 Å². The van der Waals surface area contributed by atoms with E-state index >= 15 is 0 Å². The van der Waals surface area contributed by atoms with Gasteiger partial charge in [0.2, 0.25) is 5.91 Å². The summed E-state index contributed by atoms with van der Waals surface area (Å²) in [5.41, 5.74) is 0. The Bertz CT molecular complexity index is 472. The average molecular weight is 385 g/mol. The van der Waals surface area contributed by atoms with Crippen LogP contribution in [0.1, 0.15) is 57.8 Å². The highest BCUT2D eigenvalue weighted by Crippen LogP contribution is 2.42. The van der Waals surface area contributed by atoms with Crippen molar-refractivity contribution < 1.29 is 33.5 Å². The van der Waals surface area contributed by atoms with Gasteiger partial charge in [-0.3, -0.25) is 13.9 Å². The predicted octanol–water partition coefficient (Wildman–Crippen LogP) is 2.48. The minimum Gasteiger partial charge on any atom is -0.338 e. The fraction of sp³-hybridized carbons (Fsp3) is 0.786. The molecule has 0 aliphatic heterocycles. The molecule has 0 radical (unpaired) electrons. The van der Waals surface area contributed by atoms with Crippen molar-refractivity contribution in [2.75, 3.05) is 6.16 Å². The average Bonchev–Trinajstić information content (AvgIpc) is 2.45. The van der Waals surface area contributed by atoms with Crippen molar-refractivity contribution in [1.29, 1.82) is 0 Å². The fourth-order valence-corrected chi connectivity index (χ4v) is 3.71. The van der Waals surface area contributed by atoms with Gasteiger partial charge in [0, 0.05) is 6.16 Å². The predicted molar refractivity (Wildman–Crippen MR) is 92.6 cm³/mol. The highest BCUT2D eigenvalue weighted by molar-refractivity contribution is 7.52. The van der Waals surface area contributed by atoms with Gasteiger partial charge in [-0.25, -0.2) is 0 Å². The molecule has 0 rings (SSSR count). The van der Waals surface area contributed by atoms with Crippen molar-refractivity contribution >= 4 is 21.1 Å². The molecule has 0 saturated heterocycles. The maximum atomic E-state index is 11.3. The first-order chi connectivity index (χ1) is 11.1. The van der Waals surface area contributed by atoms with E-state index in [2.05, 4.69) is 11.9 Å². The molecule has 1 amide bonds. The van der Waals surface area contributed by atoms with Crippen LogP contribution in [-0.2, 0) is 13.9 Å². The molecule has 0 aliphatic carbocycles. The van der Waals surface area contributed by atoms with Crippen molar-refractivity contribution in [3.05, 3.63) is 12.7 Å². The third-order valence-electron chi connectivity index (χ3n) is 3.58. The van der Waals surface area contributed by atoms with Crippen LogP contribution < -0.4 is 5.32 Å². The molecular formula is C14H29NO7P2. The van der Waals surface area contributed by atoms with E-state index in [9.17, 15) is 23.7 Å². The van der Waals surface area contributed by atoms with Crippen LogP contribution in [0, 0.1) is 0 Å². The molecule has 0 heterocycles. The summed E-state index contributed by atoms with van der Waals surface area (Å²) in [4.78, 5) is 47.0. The molecule has 0 aromatic carbocycles. The highest BCUT2D eigenvalue weighted by atomic mass is 31.2. The van der Waals surface area contributed by atoms with Gasteiger partial charge in [0.05, 0.1) is 0 Å². The summed E-state index contributed by atoms with van der Waals surface area (Å²) < 4.78 is 22.0. The summed E-state index contributed by atoms with van der Waals surface area (Å²) >= 11 is 0. The zero-order chi connectivity index (χ0) is 18.6. The minimum absolute atomic E-state index is 0.0623. The van der Waals surface area contributed by atoms with Crippen LogP contribution in [0.3, 0.4) is 0 Å². The molecule has 142 valence electrons. The molecular weight excluding hydrogens is 356 g/mol. The topological polar surface area (TPSA) is 144 Å². The van der Waals surface area contributed by atoms with E-state index in [4.69, 9.17) is 9.79 Å². The Morgan fingerprint density at radius 1 is 0.917 bits per heavy atom. The highest BCUT2D eigenvalue weighted by Gasteiger charge is 2.28. The first-order valence-electron chi connectivity index (χ1n) is 8.09. The normalized spacial score (nSPS) is 13.5. The van der Waals surface area contributed by atoms with Crippen molar-refractivity contribution in [3.63, 3.8) is 0 Å². The Hall–Kier alpha value is -0.490. The molecule has 0 fully saturated rings. The molecule has 0 aromatic heterocycles. The molecule has 0 aliphatic rings. The number of nitrogens with one attached hydrogen (secondary N) is 1. The number of hydrogen-bond donors (Lipinski definition) is 5. The molecule has 1 atom stereocenters. The van der Waals surface area contributed by atoms with Crippen LogP contribution in [0.4, 0.5) is 0 Å². The maximum absolute atomic E-state index is 11.3. The van der Waals surface area contributed by atoms with Gasteiger partial charge in [-0.2, -0.15) is 0 Å². The standard InChI is InChI=1S/C14H29NO7P2/c1-2-13(16)15-14(24(20,21)22)11-9-7-5-3-4-6-8-10-12-23(17,18)19/h2,14H,1,3-12H2,(H,15,16)(H2,17,18,19)(H2,20,21,22). The lowest BCUT2D eigenvalue weighted by molar-refractivity contribution is -0.116. The van der Waals surface area contributed by atoms with E-state index in [-0.39, 0.29) is 12.6 Å². The lowest BCUT2D eigenvalue weighted by Crippen LogP contribution is -2.33. The van der Waals surface area contributed by atoms with E-state index in [1.54, 1.807) is 0 Å². The molecule has 0 spiro atoms. The van der Waals surface area contributed by atoms with Crippen LogP contribution in [0.2, 0.25) is 0 Å². The van der Waals surface area contributed by atoms with Gasteiger partial charge in [0.25, 0.3) is 0 Å². The Labute approximate surface area is 143 Å². The second-order valence-corrected chi connectivity index (χ2v) is 9.40. The van der Waals surface area contributed by atoms with E-state index in [1.165, 1.54) is 0 Å². The summed E-state index contributed by atoms with van der Waals surface area (Å²) in [6.07, 6.45) is 7.63. The second-order valence-electron chi connectivity index (χ2n) is 5.82. The largest absolute Gasteiger partial charge is 0.347 e. The van der Waals surface area contributed by atoms with E-state index in [1.807, 2.05) is 0 Å². The zero-order valence-electron chi connectivity index (χ0n) is 13.8. The summed E-state index contributed by atoms with van der Waals surface area (Å²) in [7, 11) is -8.25. The Morgan fingerprint density at radius 2 is 1.38 bits per heavy atom. The quantitative estimate of drug-likeness (QED) is 0.175. The number of unbranched alkanes of at least 4 members (excludes halogenated alkanes) is 7. The van der Waals surface area contributed by atoms with E-state index < -0.39 is 26.9 Å². The lowest BCUT2D eigenvalue weighted by Gasteiger charge is -2.18. The third kappa shape index (κ3) is 13.9. The molecule has 5 N–H and O–H groups in total. The van der Waals surface area contributed by atoms with Crippen LogP contribution in [0.15, 0.2) is 12.7 Å². The summed E-state index contributed by atoms with van der Waals surface area (Å²) in [5.74, 6) is -1.77. The van der Waals surface area contributed by atoms with Crippen LogP contribution >= 0.6 is 15.2 Å². The van der Waals surface area contributed by atoms with Crippen molar-refractivity contribution in [2.45, 2.75) is 63.6 Å². The van der Waals surface area contributed by atoms with E-state index in [0.717, 1.165) is 44.6 Å². The van der Waals surface area contributed by atoms with Gasteiger partial charge in [0.1, 0.15) is 5.78 Å². The van der Waals surface area contributed by atoms with Crippen LogP contribution in [0.25, 0.3) is 0 Å². The van der Waals surface area contributed by atoms with Gasteiger partial charge >= 0.3 is 15.2 Å². The first kappa shape index (κ1) is 23.5. The van der Waals surface area contributed by atoms with Crippen LogP contribution in [0.5, 0.6) is 0 Å². The molecule has 0 saturated carbocycles. The molecule has 1 unspecified atom stereocenters. The van der Waals surface area contributed by atoms with Gasteiger partial charge in [-0.15, -0.1) is 0 Å². The van der Waals surface area contributed by atoms with Crippen LogP contribution in [-0.4, -0.2) is 37.4 Å². The maximum Gasteiger partial charge on any atom is 0.347 e.